The molecule has 4 rings (SSSR count). The zero-order valence-corrected chi connectivity index (χ0v) is 15.7. The van der Waals surface area contributed by atoms with Crippen molar-refractivity contribution in [3.05, 3.63) is 65.6 Å². The van der Waals surface area contributed by atoms with Crippen LogP contribution < -0.4 is 5.32 Å². The summed E-state index contributed by atoms with van der Waals surface area (Å²) in [4.78, 5) is 34.6. The fourth-order valence-electron chi connectivity index (χ4n) is 2.96. The van der Waals surface area contributed by atoms with Crippen LogP contribution in [0.3, 0.4) is 0 Å². The predicted octanol–water partition coefficient (Wildman–Crippen LogP) is 3.00. The molecule has 0 atom stereocenters. The standard InChI is InChI=1S/C20H17FN4O2S/c21-14-7-5-13(6-8-14)11-17-19(24-16-4-2-1-3-15(16)23-17)28-12-18(26)25-10-9-22-20(25)27/h1-8H,9-12H2,(H,22,27). The molecule has 28 heavy (non-hydrogen) atoms. The predicted molar refractivity (Wildman–Crippen MR) is 105 cm³/mol. The van der Waals surface area contributed by atoms with Crippen molar-refractivity contribution in [2.75, 3.05) is 18.8 Å². The van der Waals surface area contributed by atoms with Crippen molar-refractivity contribution in [1.82, 2.24) is 20.2 Å². The number of nitrogens with zero attached hydrogens (tertiary/aromatic N) is 3. The molecule has 6 nitrogen and oxygen atoms in total. The Balaban J connectivity index is 1.60. The average Bonchev–Trinajstić information content (AvgIpc) is 3.14. The van der Waals surface area contributed by atoms with E-state index in [4.69, 9.17) is 4.98 Å². The van der Waals surface area contributed by atoms with Gasteiger partial charge in [-0.1, -0.05) is 36.0 Å². The summed E-state index contributed by atoms with van der Waals surface area (Å²) in [6, 6.07) is 13.4. The van der Waals surface area contributed by atoms with Crippen molar-refractivity contribution in [1.29, 1.82) is 0 Å². The number of rotatable bonds is 5. The van der Waals surface area contributed by atoms with Crippen LogP contribution in [0.1, 0.15) is 11.3 Å². The molecule has 1 fully saturated rings. The minimum absolute atomic E-state index is 0.0941. The van der Waals surface area contributed by atoms with Gasteiger partial charge in [0.15, 0.2) is 0 Å². The van der Waals surface area contributed by atoms with Crippen LogP contribution in [-0.2, 0) is 11.2 Å². The highest BCUT2D eigenvalue weighted by Crippen LogP contribution is 2.25. The summed E-state index contributed by atoms with van der Waals surface area (Å²) in [5.41, 5.74) is 3.11. The second-order valence-electron chi connectivity index (χ2n) is 6.33. The lowest BCUT2D eigenvalue weighted by molar-refractivity contribution is -0.124. The molecule has 142 valence electrons. The molecule has 1 aliphatic heterocycles. The number of hydrogen-bond acceptors (Lipinski definition) is 5. The van der Waals surface area contributed by atoms with Gasteiger partial charge in [-0.15, -0.1) is 0 Å². The molecule has 0 bridgehead atoms. The topological polar surface area (TPSA) is 75.2 Å². The highest BCUT2D eigenvalue weighted by Gasteiger charge is 2.26. The van der Waals surface area contributed by atoms with Gasteiger partial charge < -0.3 is 5.32 Å². The van der Waals surface area contributed by atoms with E-state index in [1.165, 1.54) is 28.8 Å². The highest BCUT2D eigenvalue weighted by molar-refractivity contribution is 7.99. The molecule has 3 amide bonds. The lowest BCUT2D eigenvalue weighted by Crippen LogP contribution is -2.35. The normalized spacial score (nSPS) is 13.8. The van der Waals surface area contributed by atoms with Crippen LogP contribution in [0, 0.1) is 5.82 Å². The summed E-state index contributed by atoms with van der Waals surface area (Å²) in [7, 11) is 0. The van der Waals surface area contributed by atoms with Crippen molar-refractivity contribution in [2.45, 2.75) is 11.4 Å². The van der Waals surface area contributed by atoms with Crippen LogP contribution in [0.15, 0.2) is 53.6 Å². The summed E-state index contributed by atoms with van der Waals surface area (Å²) in [5.74, 6) is -0.461. The molecule has 0 saturated carbocycles. The van der Waals surface area contributed by atoms with Crippen molar-refractivity contribution in [3.63, 3.8) is 0 Å². The number of para-hydroxylation sites is 2. The molecular weight excluding hydrogens is 379 g/mol. The van der Waals surface area contributed by atoms with Gasteiger partial charge in [0.2, 0.25) is 5.91 Å². The zero-order valence-electron chi connectivity index (χ0n) is 14.9. The van der Waals surface area contributed by atoms with E-state index in [2.05, 4.69) is 10.3 Å². The van der Waals surface area contributed by atoms with Crippen molar-refractivity contribution >= 4 is 34.7 Å². The van der Waals surface area contributed by atoms with Crippen molar-refractivity contribution in [2.24, 2.45) is 0 Å². The van der Waals surface area contributed by atoms with Crippen LogP contribution >= 0.6 is 11.8 Å². The molecule has 1 aromatic heterocycles. The van der Waals surface area contributed by atoms with Gasteiger partial charge in [-0.25, -0.2) is 19.2 Å². The van der Waals surface area contributed by atoms with Crippen LogP contribution in [0.5, 0.6) is 0 Å². The number of imide groups is 1. The van der Waals surface area contributed by atoms with Crippen LogP contribution in [0.25, 0.3) is 11.0 Å². The molecule has 2 heterocycles. The lowest BCUT2D eigenvalue weighted by Gasteiger charge is -2.13. The third-order valence-electron chi connectivity index (χ3n) is 4.38. The molecule has 3 aromatic rings. The Hall–Kier alpha value is -3.00. The molecular formula is C20H17FN4O2S. The van der Waals surface area contributed by atoms with E-state index in [1.807, 2.05) is 24.3 Å². The number of benzene rings is 2. The minimum atomic E-state index is -0.360. The quantitative estimate of drug-likeness (QED) is 0.671. The number of halogens is 1. The second-order valence-corrected chi connectivity index (χ2v) is 7.30. The van der Waals surface area contributed by atoms with E-state index < -0.39 is 0 Å². The highest BCUT2D eigenvalue weighted by atomic mass is 32.2. The van der Waals surface area contributed by atoms with Gasteiger partial charge in [0.25, 0.3) is 0 Å². The third-order valence-corrected chi connectivity index (χ3v) is 5.37. The number of carbonyl (C=O) groups excluding carboxylic acids is 2. The molecule has 2 aromatic carbocycles. The summed E-state index contributed by atoms with van der Waals surface area (Å²) in [6.07, 6.45) is 0.471. The Labute approximate surface area is 165 Å². The van der Waals surface area contributed by atoms with Gasteiger partial charge in [0.05, 0.1) is 22.5 Å². The zero-order chi connectivity index (χ0) is 19.5. The monoisotopic (exact) mass is 396 g/mol. The third kappa shape index (κ3) is 3.96. The molecule has 0 spiro atoms. The maximum Gasteiger partial charge on any atom is 0.324 e. The van der Waals surface area contributed by atoms with E-state index in [0.717, 1.165) is 16.6 Å². The number of carbonyl (C=O) groups is 2. The van der Waals surface area contributed by atoms with Crippen LogP contribution in [0.4, 0.5) is 9.18 Å². The van der Waals surface area contributed by atoms with Gasteiger partial charge in [-0.2, -0.15) is 0 Å². The Morgan fingerprint density at radius 2 is 1.82 bits per heavy atom. The summed E-state index contributed by atoms with van der Waals surface area (Å²) in [5, 5.41) is 3.25. The number of thioether (sulfide) groups is 1. The Morgan fingerprint density at radius 3 is 2.50 bits per heavy atom. The van der Waals surface area contributed by atoms with E-state index in [1.54, 1.807) is 12.1 Å². The molecule has 0 aliphatic carbocycles. The number of urea groups is 1. The van der Waals surface area contributed by atoms with Gasteiger partial charge >= 0.3 is 6.03 Å². The average molecular weight is 396 g/mol. The van der Waals surface area contributed by atoms with Crippen LogP contribution in [-0.4, -0.2) is 45.6 Å². The Kier molecular flexibility index (Phi) is 5.21. The van der Waals surface area contributed by atoms with Gasteiger partial charge in [-0.3, -0.25) is 9.69 Å². The smallest absolute Gasteiger partial charge is 0.324 e. The molecule has 1 aliphatic rings. The maximum absolute atomic E-state index is 13.2. The summed E-state index contributed by atoms with van der Waals surface area (Å²) < 4.78 is 13.2. The second kappa shape index (κ2) is 7.93. The number of hydrogen-bond donors (Lipinski definition) is 1. The first-order chi connectivity index (χ1) is 13.6. The number of amides is 3. The van der Waals surface area contributed by atoms with Gasteiger partial charge in [-0.05, 0) is 29.8 Å². The SMILES string of the molecule is O=C(CSc1nc2ccccc2nc1Cc1ccc(F)cc1)N1CCNC1=O. The maximum atomic E-state index is 13.2. The fraction of sp³-hybridized carbons (Fsp3) is 0.200. The van der Waals surface area contributed by atoms with Crippen LogP contribution in [0.2, 0.25) is 0 Å². The first-order valence-electron chi connectivity index (χ1n) is 8.81. The minimum Gasteiger partial charge on any atom is -0.336 e. The summed E-state index contributed by atoms with van der Waals surface area (Å²) >= 11 is 1.26. The molecule has 1 saturated heterocycles. The van der Waals surface area contributed by atoms with E-state index in [-0.39, 0.29) is 23.5 Å². The van der Waals surface area contributed by atoms with E-state index in [9.17, 15) is 14.0 Å². The van der Waals surface area contributed by atoms with Gasteiger partial charge in [0, 0.05) is 19.5 Å². The van der Waals surface area contributed by atoms with E-state index >= 15 is 0 Å². The lowest BCUT2D eigenvalue weighted by atomic mass is 10.1. The largest absolute Gasteiger partial charge is 0.336 e. The Bertz CT molecular complexity index is 1040. The number of aromatic nitrogens is 2. The number of fused-ring (bicyclic) bond motifs is 1. The molecule has 1 N–H and O–H groups in total. The Morgan fingerprint density at radius 1 is 1.11 bits per heavy atom. The first-order valence-corrected chi connectivity index (χ1v) is 9.80. The van der Waals surface area contributed by atoms with Gasteiger partial charge in [0.1, 0.15) is 10.8 Å². The fourth-order valence-corrected chi connectivity index (χ4v) is 3.83. The van der Waals surface area contributed by atoms with Crippen molar-refractivity contribution in [3.8, 4) is 0 Å². The van der Waals surface area contributed by atoms with Crippen molar-refractivity contribution < 1.29 is 14.0 Å². The number of nitrogens with one attached hydrogen (secondary N) is 1. The molecule has 0 unspecified atom stereocenters. The first kappa shape index (κ1) is 18.4. The van der Waals surface area contributed by atoms with E-state index in [0.29, 0.717) is 30.2 Å². The molecule has 0 radical (unpaired) electrons. The molecule has 8 heteroatoms. The summed E-state index contributed by atoms with van der Waals surface area (Å²) in [6.45, 7) is 0.852.